The van der Waals surface area contributed by atoms with Crippen molar-refractivity contribution in [3.63, 3.8) is 0 Å². The first-order valence-electron chi connectivity index (χ1n) is 8.71. The second-order valence-electron chi connectivity index (χ2n) is 6.19. The van der Waals surface area contributed by atoms with Gasteiger partial charge in [0.05, 0.1) is 18.6 Å². The lowest BCUT2D eigenvalue weighted by atomic mass is 9.93. The van der Waals surface area contributed by atoms with Crippen LogP contribution in [0.4, 0.5) is 5.69 Å². The molecule has 0 fully saturated rings. The van der Waals surface area contributed by atoms with E-state index in [0.29, 0.717) is 22.7 Å². The molecule has 1 amide bonds. The Morgan fingerprint density at radius 3 is 2.54 bits per heavy atom. The number of ether oxygens (including phenoxy) is 1. The Labute approximate surface area is 168 Å². The van der Waals surface area contributed by atoms with Crippen LogP contribution in [-0.4, -0.2) is 24.0 Å². The lowest BCUT2D eigenvalue weighted by Gasteiger charge is -2.17. The van der Waals surface area contributed by atoms with E-state index < -0.39 is 11.9 Å². The number of aromatic nitrogens is 1. The first-order valence-corrected chi connectivity index (χ1v) is 9.09. The number of methoxy groups -OCH3 is 1. The summed E-state index contributed by atoms with van der Waals surface area (Å²) in [5.41, 5.74) is 2.53. The molecule has 0 saturated carbocycles. The standard InChI is InChI=1S/C22H19ClN2O3/c1-28-22(27)16-5-4-7-19(13-16)25-21(26)20(14-18-6-2-3-12-24-18)15-8-10-17(23)11-9-15/h2-13,20H,14H2,1H3,(H,25,26). The van der Waals surface area contributed by atoms with Crippen molar-refractivity contribution in [2.75, 3.05) is 12.4 Å². The fourth-order valence-corrected chi connectivity index (χ4v) is 2.98. The molecule has 0 bridgehead atoms. The van der Waals surface area contributed by atoms with Gasteiger partial charge in [-0.25, -0.2) is 4.79 Å². The van der Waals surface area contributed by atoms with E-state index >= 15 is 0 Å². The number of carbonyl (C=O) groups is 2. The molecule has 3 aromatic rings. The number of amides is 1. The molecular weight excluding hydrogens is 376 g/mol. The topological polar surface area (TPSA) is 68.3 Å². The highest BCUT2D eigenvalue weighted by Gasteiger charge is 2.22. The average molecular weight is 395 g/mol. The number of nitrogens with zero attached hydrogens (tertiary/aromatic N) is 1. The second-order valence-corrected chi connectivity index (χ2v) is 6.63. The summed E-state index contributed by atoms with van der Waals surface area (Å²) in [6, 6.07) is 19.4. The maximum Gasteiger partial charge on any atom is 0.337 e. The Hall–Kier alpha value is -3.18. The third kappa shape index (κ3) is 4.96. The molecule has 5 nitrogen and oxygen atoms in total. The maximum atomic E-state index is 13.1. The van der Waals surface area contributed by atoms with Crippen molar-refractivity contribution in [2.45, 2.75) is 12.3 Å². The van der Waals surface area contributed by atoms with Crippen molar-refractivity contribution >= 4 is 29.2 Å². The number of esters is 1. The second kappa shape index (κ2) is 9.15. The predicted octanol–water partition coefficient (Wildman–Crippen LogP) is 4.49. The summed E-state index contributed by atoms with van der Waals surface area (Å²) in [4.78, 5) is 29.1. The van der Waals surface area contributed by atoms with Gasteiger partial charge in [0.2, 0.25) is 5.91 Å². The lowest BCUT2D eigenvalue weighted by Crippen LogP contribution is -2.23. The molecule has 1 heterocycles. The van der Waals surface area contributed by atoms with Crippen LogP contribution in [0.3, 0.4) is 0 Å². The number of benzene rings is 2. The fraction of sp³-hybridized carbons (Fsp3) is 0.136. The number of pyridine rings is 1. The van der Waals surface area contributed by atoms with Crippen LogP contribution >= 0.6 is 11.6 Å². The molecule has 0 aliphatic heterocycles. The normalized spacial score (nSPS) is 11.5. The molecule has 28 heavy (non-hydrogen) atoms. The summed E-state index contributed by atoms with van der Waals surface area (Å²) in [6.07, 6.45) is 2.14. The van der Waals surface area contributed by atoms with Gasteiger partial charge >= 0.3 is 5.97 Å². The van der Waals surface area contributed by atoms with E-state index in [1.807, 2.05) is 30.3 Å². The van der Waals surface area contributed by atoms with Gasteiger partial charge in [-0.05, 0) is 48.0 Å². The number of hydrogen-bond donors (Lipinski definition) is 1. The summed E-state index contributed by atoms with van der Waals surface area (Å²) >= 11 is 5.99. The van der Waals surface area contributed by atoms with Gasteiger partial charge in [-0.3, -0.25) is 9.78 Å². The van der Waals surface area contributed by atoms with E-state index in [0.717, 1.165) is 11.3 Å². The minimum Gasteiger partial charge on any atom is -0.465 e. The van der Waals surface area contributed by atoms with E-state index in [1.165, 1.54) is 7.11 Å². The third-order valence-electron chi connectivity index (χ3n) is 4.28. The molecule has 3 rings (SSSR count). The Kier molecular flexibility index (Phi) is 6.40. The zero-order valence-corrected chi connectivity index (χ0v) is 16.0. The largest absolute Gasteiger partial charge is 0.465 e. The molecule has 0 aliphatic rings. The van der Waals surface area contributed by atoms with E-state index in [4.69, 9.17) is 16.3 Å². The molecular formula is C22H19ClN2O3. The van der Waals surface area contributed by atoms with Gasteiger partial charge in [0, 0.05) is 29.0 Å². The van der Waals surface area contributed by atoms with Gasteiger partial charge in [0.1, 0.15) is 0 Å². The van der Waals surface area contributed by atoms with Gasteiger partial charge in [0.25, 0.3) is 0 Å². The van der Waals surface area contributed by atoms with E-state index in [9.17, 15) is 9.59 Å². The zero-order valence-electron chi connectivity index (χ0n) is 15.3. The van der Waals surface area contributed by atoms with Crippen molar-refractivity contribution in [3.8, 4) is 0 Å². The van der Waals surface area contributed by atoms with E-state index in [1.54, 1.807) is 42.6 Å². The molecule has 142 valence electrons. The molecule has 1 unspecified atom stereocenters. The molecule has 1 atom stereocenters. The zero-order chi connectivity index (χ0) is 19.9. The van der Waals surface area contributed by atoms with E-state index in [2.05, 4.69) is 10.3 Å². The molecule has 1 aromatic heterocycles. The SMILES string of the molecule is COC(=O)c1cccc(NC(=O)C(Cc2ccccn2)c2ccc(Cl)cc2)c1. The molecule has 1 N–H and O–H groups in total. The number of rotatable bonds is 6. The van der Waals surface area contributed by atoms with Crippen molar-refractivity contribution in [2.24, 2.45) is 0 Å². The number of carbonyl (C=O) groups excluding carboxylic acids is 2. The smallest absolute Gasteiger partial charge is 0.337 e. The average Bonchev–Trinajstić information content (AvgIpc) is 2.73. The van der Waals surface area contributed by atoms with Crippen LogP contribution in [0.15, 0.2) is 72.9 Å². The minimum atomic E-state index is -0.464. The van der Waals surface area contributed by atoms with Gasteiger partial charge in [0.15, 0.2) is 0 Å². The molecule has 6 heteroatoms. The van der Waals surface area contributed by atoms with Crippen molar-refractivity contribution in [3.05, 3.63) is 94.8 Å². The monoisotopic (exact) mass is 394 g/mol. The van der Waals surface area contributed by atoms with Crippen LogP contribution in [-0.2, 0) is 16.0 Å². The molecule has 0 aliphatic carbocycles. The van der Waals surface area contributed by atoms with Crippen LogP contribution < -0.4 is 5.32 Å². The van der Waals surface area contributed by atoms with Crippen molar-refractivity contribution in [1.29, 1.82) is 0 Å². The van der Waals surface area contributed by atoms with Gasteiger partial charge < -0.3 is 10.1 Å². The van der Waals surface area contributed by atoms with Crippen LogP contribution in [0.25, 0.3) is 0 Å². The first-order chi connectivity index (χ1) is 13.6. The Bertz CT molecular complexity index is 959. The molecule has 0 spiro atoms. The maximum absolute atomic E-state index is 13.1. The van der Waals surface area contributed by atoms with Crippen LogP contribution in [0, 0.1) is 0 Å². The van der Waals surface area contributed by atoms with Crippen LogP contribution in [0.1, 0.15) is 27.5 Å². The van der Waals surface area contributed by atoms with Crippen LogP contribution in [0.2, 0.25) is 5.02 Å². The molecule has 0 radical (unpaired) electrons. The van der Waals surface area contributed by atoms with Gasteiger partial charge in [-0.1, -0.05) is 35.9 Å². The Morgan fingerprint density at radius 2 is 1.86 bits per heavy atom. The highest BCUT2D eigenvalue weighted by Crippen LogP contribution is 2.24. The number of nitrogens with one attached hydrogen (secondary N) is 1. The highest BCUT2D eigenvalue weighted by molar-refractivity contribution is 6.30. The summed E-state index contributed by atoms with van der Waals surface area (Å²) in [6.45, 7) is 0. The van der Waals surface area contributed by atoms with Gasteiger partial charge in [-0.15, -0.1) is 0 Å². The summed E-state index contributed by atoms with van der Waals surface area (Å²) in [5, 5.41) is 3.49. The summed E-state index contributed by atoms with van der Waals surface area (Å²) in [5.74, 6) is -1.12. The number of anilines is 1. The number of halogens is 1. The van der Waals surface area contributed by atoms with Gasteiger partial charge in [-0.2, -0.15) is 0 Å². The lowest BCUT2D eigenvalue weighted by molar-refractivity contribution is -0.117. The predicted molar refractivity (Wildman–Crippen MR) is 109 cm³/mol. The van der Waals surface area contributed by atoms with E-state index in [-0.39, 0.29) is 5.91 Å². The number of hydrogen-bond acceptors (Lipinski definition) is 4. The fourth-order valence-electron chi connectivity index (χ4n) is 2.86. The summed E-state index contributed by atoms with van der Waals surface area (Å²) < 4.78 is 4.73. The molecule has 2 aromatic carbocycles. The van der Waals surface area contributed by atoms with Crippen molar-refractivity contribution in [1.82, 2.24) is 4.98 Å². The first kappa shape index (κ1) is 19.6. The quantitative estimate of drug-likeness (QED) is 0.625. The third-order valence-corrected chi connectivity index (χ3v) is 4.53. The molecule has 0 saturated heterocycles. The van der Waals surface area contributed by atoms with Crippen molar-refractivity contribution < 1.29 is 14.3 Å². The minimum absolute atomic E-state index is 0.199. The van der Waals surface area contributed by atoms with Crippen LogP contribution in [0.5, 0.6) is 0 Å². The Morgan fingerprint density at radius 1 is 1.07 bits per heavy atom. The summed E-state index contributed by atoms with van der Waals surface area (Å²) in [7, 11) is 1.32. The highest BCUT2D eigenvalue weighted by atomic mass is 35.5. The Balaban J connectivity index is 1.86.